The van der Waals surface area contributed by atoms with E-state index in [4.69, 9.17) is 6.42 Å². The molecule has 0 bridgehead atoms. The zero-order chi connectivity index (χ0) is 12.2. The summed E-state index contributed by atoms with van der Waals surface area (Å²) in [6.45, 7) is 5.90. The van der Waals surface area contributed by atoms with Gasteiger partial charge in [-0.1, -0.05) is 41.0 Å². The first-order valence-electron chi connectivity index (χ1n) is 5.52. The molecule has 4 heteroatoms. The first kappa shape index (κ1) is 15.8. The Morgan fingerprint density at radius 1 is 1.38 bits per heavy atom. The zero-order valence-corrected chi connectivity index (χ0v) is 11.8. The minimum atomic E-state index is 0.426. The third-order valence-electron chi connectivity index (χ3n) is 2.26. The molecule has 0 radical (unpaired) electrons. The minimum absolute atomic E-state index is 0.426. The molecule has 0 fully saturated rings. The predicted molar refractivity (Wildman–Crippen MR) is 78.6 cm³/mol. The molecule has 0 saturated carbocycles. The summed E-state index contributed by atoms with van der Waals surface area (Å²) in [7, 11) is 5.77. The average Bonchev–Trinajstić information content (AvgIpc) is 2.31. The Morgan fingerprint density at radius 3 is 2.44 bits per heavy atom. The van der Waals surface area contributed by atoms with Gasteiger partial charge in [0.15, 0.2) is 0 Å². The molecule has 0 heterocycles. The molecule has 92 valence electrons. The van der Waals surface area contributed by atoms with E-state index in [2.05, 4.69) is 30.2 Å². The second-order valence-electron chi connectivity index (χ2n) is 3.47. The van der Waals surface area contributed by atoms with Crippen molar-refractivity contribution >= 4 is 21.6 Å². The van der Waals surface area contributed by atoms with E-state index in [1.54, 1.807) is 0 Å². The van der Waals surface area contributed by atoms with Crippen molar-refractivity contribution in [3.63, 3.8) is 0 Å². The van der Waals surface area contributed by atoms with Gasteiger partial charge in [0, 0.05) is 29.6 Å². The van der Waals surface area contributed by atoms with Crippen molar-refractivity contribution in [2.24, 2.45) is 0 Å². The SMILES string of the molecule is C#CNC(CC)CSSCC(CC=C)NC. The molecule has 0 aromatic heterocycles. The molecule has 0 aliphatic heterocycles. The van der Waals surface area contributed by atoms with Crippen molar-refractivity contribution in [1.29, 1.82) is 0 Å². The van der Waals surface area contributed by atoms with Crippen LogP contribution < -0.4 is 10.6 Å². The van der Waals surface area contributed by atoms with E-state index >= 15 is 0 Å². The topological polar surface area (TPSA) is 24.1 Å². The van der Waals surface area contributed by atoms with E-state index in [0.29, 0.717) is 12.1 Å². The molecule has 0 amide bonds. The highest BCUT2D eigenvalue weighted by atomic mass is 33.1. The summed E-state index contributed by atoms with van der Waals surface area (Å²) in [5, 5.41) is 6.30. The van der Waals surface area contributed by atoms with Crippen LogP contribution in [-0.2, 0) is 0 Å². The van der Waals surface area contributed by atoms with E-state index in [1.165, 1.54) is 0 Å². The Kier molecular flexibility index (Phi) is 11.1. The molecule has 0 aliphatic carbocycles. The summed E-state index contributed by atoms with van der Waals surface area (Å²) in [5.74, 6) is 2.15. The first-order valence-corrected chi connectivity index (χ1v) is 8.00. The van der Waals surface area contributed by atoms with Gasteiger partial charge in [-0.2, -0.15) is 0 Å². The second-order valence-corrected chi connectivity index (χ2v) is 6.03. The fourth-order valence-corrected chi connectivity index (χ4v) is 3.82. The Morgan fingerprint density at radius 2 is 2.00 bits per heavy atom. The van der Waals surface area contributed by atoms with Crippen molar-refractivity contribution < 1.29 is 0 Å². The van der Waals surface area contributed by atoms with E-state index in [-0.39, 0.29) is 0 Å². The lowest BCUT2D eigenvalue weighted by Crippen LogP contribution is -2.27. The highest BCUT2D eigenvalue weighted by Gasteiger charge is 2.06. The van der Waals surface area contributed by atoms with Crippen LogP contribution in [-0.4, -0.2) is 30.6 Å². The third-order valence-corrected chi connectivity index (χ3v) is 4.82. The van der Waals surface area contributed by atoms with Crippen LogP contribution in [0, 0.1) is 12.5 Å². The fraction of sp³-hybridized carbons (Fsp3) is 0.667. The summed E-state index contributed by atoms with van der Waals surface area (Å²) in [4.78, 5) is 0. The molecule has 2 N–H and O–H groups in total. The lowest BCUT2D eigenvalue weighted by molar-refractivity contribution is 0.630. The maximum Gasteiger partial charge on any atom is 0.0436 e. The van der Waals surface area contributed by atoms with E-state index in [9.17, 15) is 0 Å². The molecule has 0 aromatic rings. The Bertz CT molecular complexity index is 214. The van der Waals surface area contributed by atoms with Crippen LogP contribution in [0.2, 0.25) is 0 Å². The van der Waals surface area contributed by atoms with Crippen LogP contribution in [0.4, 0.5) is 0 Å². The van der Waals surface area contributed by atoms with Crippen LogP contribution in [0.5, 0.6) is 0 Å². The lowest BCUT2D eigenvalue weighted by atomic mass is 10.2. The summed E-state index contributed by atoms with van der Waals surface area (Å²) in [6.07, 6.45) is 9.27. The van der Waals surface area contributed by atoms with E-state index in [0.717, 1.165) is 24.3 Å². The number of hydrogen-bond acceptors (Lipinski definition) is 4. The quantitative estimate of drug-likeness (QED) is 0.207. The zero-order valence-electron chi connectivity index (χ0n) is 10.2. The minimum Gasteiger partial charge on any atom is -0.342 e. The number of hydrogen-bond donors (Lipinski definition) is 2. The highest BCUT2D eigenvalue weighted by molar-refractivity contribution is 8.76. The van der Waals surface area contributed by atoms with Gasteiger partial charge < -0.3 is 10.6 Å². The monoisotopic (exact) mass is 258 g/mol. The molecule has 0 aliphatic rings. The van der Waals surface area contributed by atoms with Crippen molar-refractivity contribution in [3.05, 3.63) is 12.7 Å². The molecule has 0 spiro atoms. The summed E-state index contributed by atoms with van der Waals surface area (Å²) in [6, 6.07) is 3.45. The van der Waals surface area contributed by atoms with Crippen LogP contribution in [0.3, 0.4) is 0 Å². The fourth-order valence-electron chi connectivity index (χ4n) is 1.11. The van der Waals surface area contributed by atoms with Gasteiger partial charge in [-0.05, 0) is 19.9 Å². The van der Waals surface area contributed by atoms with Gasteiger partial charge >= 0.3 is 0 Å². The molecular formula is C12H22N2S2. The van der Waals surface area contributed by atoms with Crippen LogP contribution >= 0.6 is 21.6 Å². The smallest absolute Gasteiger partial charge is 0.0436 e. The summed E-state index contributed by atoms with van der Waals surface area (Å²) < 4.78 is 0. The molecule has 2 nitrogen and oxygen atoms in total. The van der Waals surface area contributed by atoms with Gasteiger partial charge in [-0.25, -0.2) is 0 Å². The molecule has 0 rings (SSSR count). The standard InChI is InChI=1S/C12H22N2S2/c1-5-8-12(13-4)10-16-15-9-11(6-2)14-7-3/h3,5,11-14H,1,6,8-10H2,2,4H3. The lowest BCUT2D eigenvalue weighted by Gasteiger charge is -2.15. The van der Waals surface area contributed by atoms with Crippen molar-refractivity contribution in [3.8, 4) is 12.5 Å². The predicted octanol–water partition coefficient (Wildman–Crippen LogP) is 2.49. The molecule has 0 saturated heterocycles. The first-order chi connectivity index (χ1) is 7.78. The Labute approximate surface area is 108 Å². The average molecular weight is 258 g/mol. The van der Waals surface area contributed by atoms with Crippen molar-refractivity contribution in [1.82, 2.24) is 10.6 Å². The Hall–Kier alpha value is -0.240. The normalized spacial score (nSPS) is 13.8. The number of rotatable bonds is 10. The van der Waals surface area contributed by atoms with E-state index < -0.39 is 0 Å². The summed E-state index contributed by atoms with van der Waals surface area (Å²) >= 11 is 0. The van der Waals surface area contributed by atoms with Gasteiger partial charge in [0.25, 0.3) is 0 Å². The maximum absolute atomic E-state index is 5.22. The van der Waals surface area contributed by atoms with Crippen molar-refractivity contribution in [2.45, 2.75) is 31.8 Å². The van der Waals surface area contributed by atoms with Crippen LogP contribution in [0.15, 0.2) is 12.7 Å². The molecule has 0 aromatic carbocycles. The second kappa shape index (κ2) is 11.3. The maximum atomic E-state index is 5.22. The van der Waals surface area contributed by atoms with Gasteiger partial charge in [-0.15, -0.1) is 6.58 Å². The molecule has 16 heavy (non-hydrogen) atoms. The van der Waals surface area contributed by atoms with Gasteiger partial charge in [0.1, 0.15) is 0 Å². The number of nitrogens with one attached hydrogen (secondary N) is 2. The highest BCUT2D eigenvalue weighted by Crippen LogP contribution is 2.24. The summed E-state index contributed by atoms with van der Waals surface area (Å²) in [5.41, 5.74) is 0. The van der Waals surface area contributed by atoms with Crippen LogP contribution in [0.25, 0.3) is 0 Å². The molecule has 2 unspecified atom stereocenters. The van der Waals surface area contributed by atoms with Gasteiger partial charge in [-0.3, -0.25) is 0 Å². The van der Waals surface area contributed by atoms with Crippen LogP contribution in [0.1, 0.15) is 19.8 Å². The third kappa shape index (κ3) is 7.98. The Balaban J connectivity index is 3.57. The van der Waals surface area contributed by atoms with Crippen molar-refractivity contribution in [2.75, 3.05) is 18.6 Å². The molecule has 2 atom stereocenters. The largest absolute Gasteiger partial charge is 0.342 e. The number of terminal acetylenes is 1. The van der Waals surface area contributed by atoms with Gasteiger partial charge in [0.2, 0.25) is 0 Å². The van der Waals surface area contributed by atoms with E-state index in [1.807, 2.05) is 34.7 Å². The van der Waals surface area contributed by atoms with Gasteiger partial charge in [0.05, 0.1) is 0 Å². The molecular weight excluding hydrogens is 236 g/mol.